The Morgan fingerprint density at radius 2 is 1.76 bits per heavy atom. The molecule has 0 saturated carbocycles. The van der Waals surface area contributed by atoms with Crippen LogP contribution in [0, 0.1) is 0 Å². The van der Waals surface area contributed by atoms with Crippen LogP contribution >= 0.6 is 23.4 Å². The number of likely N-dealkylation sites (N-methyl/N-ethyl adjacent to an activating group) is 1. The van der Waals surface area contributed by atoms with Crippen molar-refractivity contribution < 1.29 is 29.4 Å². The predicted octanol–water partition coefficient (Wildman–Crippen LogP) is 1.90. The van der Waals surface area contributed by atoms with Crippen molar-refractivity contribution in [1.29, 1.82) is 0 Å². The van der Waals surface area contributed by atoms with Crippen LogP contribution in [0.2, 0.25) is 0 Å². The number of aliphatic carboxylic acids is 2. The zero-order chi connectivity index (χ0) is 35.9. The van der Waals surface area contributed by atoms with Crippen LogP contribution in [-0.4, -0.2) is 125 Å². The molecule has 49 heavy (non-hydrogen) atoms. The molecule has 16 heteroatoms. The number of allylic oxidation sites excluding steroid dienone is 4. The topological polar surface area (TPSA) is 216 Å². The number of carboxylic acid groups (broad SMARTS) is 2. The molecule has 0 spiro atoms. The number of amides is 2. The Balaban J connectivity index is 1.80. The second kappa shape index (κ2) is 20.0. The molecule has 2 aliphatic heterocycles. The molecule has 2 aliphatic rings. The standard InChI is InChI=1S/C33H47ClN8O6S/c1-3-21(34)19-27-25(37-24-8-5-4-7-22(24)30(39-27)42-16-14-41(2)15-17-42)12-18-49-20-28(38-29(43)11-10-23(36)32(45)46)31(44)40-26(33(47)48)9-6-13-35/h3-5,7-8,19,23,26,28H,6,9-18,20,35-36H2,1-2H3,(H,38,43)(H,40,44)(H,45,46)(H,47,48)/b21-3?,27-19+. The van der Waals surface area contributed by atoms with Crippen LogP contribution in [0.15, 0.2) is 57.1 Å². The van der Waals surface area contributed by atoms with E-state index >= 15 is 0 Å². The van der Waals surface area contributed by atoms with Gasteiger partial charge in [-0.05, 0) is 63.7 Å². The number of piperazine rings is 1. The third-order valence-corrected chi connectivity index (χ3v) is 9.40. The molecular weight excluding hydrogens is 672 g/mol. The number of nitrogens with zero attached hydrogens (tertiary/aromatic N) is 4. The van der Waals surface area contributed by atoms with E-state index < -0.39 is 41.9 Å². The maximum atomic E-state index is 13.3. The molecule has 8 N–H and O–H groups in total. The van der Waals surface area contributed by atoms with Crippen molar-refractivity contribution in [2.45, 2.75) is 57.2 Å². The summed E-state index contributed by atoms with van der Waals surface area (Å²) in [5.74, 6) is -2.29. The second-order valence-corrected chi connectivity index (χ2v) is 13.3. The van der Waals surface area contributed by atoms with Crippen molar-refractivity contribution in [3.63, 3.8) is 0 Å². The number of rotatable bonds is 17. The number of carbonyl (C=O) groups excluding carboxylic acids is 2. The Hall–Kier alpha value is -3.76. The Bertz CT molecular complexity index is 1460. The third-order valence-electron chi connectivity index (χ3n) is 8.01. The number of fused-ring (bicyclic) bond motifs is 1. The van der Waals surface area contributed by atoms with Gasteiger partial charge in [-0.25, -0.2) is 9.79 Å². The molecule has 0 aromatic heterocycles. The van der Waals surface area contributed by atoms with Gasteiger partial charge in [0.1, 0.15) is 24.0 Å². The number of nitrogens with two attached hydrogens (primary N) is 2. The van der Waals surface area contributed by atoms with E-state index in [0.29, 0.717) is 35.0 Å². The number of aliphatic imine (C=N–C) groups is 2. The normalized spacial score (nSPS) is 18.0. The summed E-state index contributed by atoms with van der Waals surface area (Å²) in [6, 6.07) is 4.34. The number of para-hydroxylation sites is 1. The highest BCUT2D eigenvalue weighted by atomic mass is 35.5. The lowest BCUT2D eigenvalue weighted by Gasteiger charge is -2.34. The molecule has 0 bridgehead atoms. The lowest BCUT2D eigenvalue weighted by Crippen LogP contribution is -2.53. The van der Waals surface area contributed by atoms with Gasteiger partial charge in [0.05, 0.1) is 17.1 Å². The van der Waals surface area contributed by atoms with Crippen molar-refractivity contribution in [3.8, 4) is 0 Å². The van der Waals surface area contributed by atoms with Crippen LogP contribution in [0.1, 0.15) is 44.6 Å². The number of hydrogen-bond acceptors (Lipinski definition) is 11. The highest BCUT2D eigenvalue weighted by Crippen LogP contribution is 2.29. The molecule has 3 atom stereocenters. The summed E-state index contributed by atoms with van der Waals surface area (Å²) >= 11 is 7.86. The minimum absolute atomic E-state index is 0.111. The van der Waals surface area contributed by atoms with Gasteiger partial charge in [-0.15, -0.1) is 0 Å². The molecule has 0 aliphatic carbocycles. The van der Waals surface area contributed by atoms with Gasteiger partial charge in [-0.2, -0.15) is 11.8 Å². The van der Waals surface area contributed by atoms with Crippen molar-refractivity contribution in [2.75, 3.05) is 51.3 Å². The van der Waals surface area contributed by atoms with Crippen molar-refractivity contribution in [3.05, 3.63) is 52.7 Å². The lowest BCUT2D eigenvalue weighted by atomic mass is 10.1. The number of carboxylic acids is 2. The van der Waals surface area contributed by atoms with Crippen molar-refractivity contribution in [2.24, 2.45) is 21.5 Å². The summed E-state index contributed by atoms with van der Waals surface area (Å²) in [6.45, 7) is 5.51. The average Bonchev–Trinajstić information content (AvgIpc) is 3.23. The van der Waals surface area contributed by atoms with Crippen LogP contribution in [0.25, 0.3) is 0 Å². The van der Waals surface area contributed by atoms with Crippen molar-refractivity contribution in [1.82, 2.24) is 20.4 Å². The Labute approximate surface area is 296 Å². The number of nitrogens with one attached hydrogen (secondary N) is 2. The van der Waals surface area contributed by atoms with E-state index in [2.05, 4.69) is 27.5 Å². The monoisotopic (exact) mass is 718 g/mol. The second-order valence-electron chi connectivity index (χ2n) is 11.8. The maximum Gasteiger partial charge on any atom is 0.326 e. The molecule has 3 unspecified atom stereocenters. The molecule has 2 heterocycles. The third kappa shape index (κ3) is 12.6. The number of carbonyl (C=O) groups is 4. The minimum Gasteiger partial charge on any atom is -0.480 e. The fraction of sp³-hybridized carbons (Fsp3) is 0.515. The summed E-state index contributed by atoms with van der Waals surface area (Å²) in [5.41, 5.74) is 14.1. The van der Waals surface area contributed by atoms with Gasteiger partial charge in [-0.1, -0.05) is 29.8 Å². The van der Waals surface area contributed by atoms with Gasteiger partial charge in [0.25, 0.3) is 0 Å². The fourth-order valence-electron chi connectivity index (χ4n) is 5.06. The predicted molar refractivity (Wildman–Crippen MR) is 193 cm³/mol. The van der Waals surface area contributed by atoms with Crippen LogP contribution in [0.3, 0.4) is 0 Å². The van der Waals surface area contributed by atoms with E-state index in [1.165, 1.54) is 11.8 Å². The summed E-state index contributed by atoms with van der Waals surface area (Å²) in [4.78, 5) is 63.5. The van der Waals surface area contributed by atoms with Crippen LogP contribution in [0.4, 0.5) is 5.69 Å². The minimum atomic E-state index is -1.24. The fourth-order valence-corrected chi connectivity index (χ4v) is 6.13. The summed E-state index contributed by atoms with van der Waals surface area (Å²) in [5, 5.41) is 24.3. The van der Waals surface area contributed by atoms with Gasteiger partial charge in [0.2, 0.25) is 11.8 Å². The zero-order valence-electron chi connectivity index (χ0n) is 27.9. The average molecular weight is 719 g/mol. The first-order valence-electron chi connectivity index (χ1n) is 16.2. The quantitative estimate of drug-likeness (QED) is 0.128. The summed E-state index contributed by atoms with van der Waals surface area (Å²) in [6.07, 6.45) is 4.17. The van der Waals surface area contributed by atoms with E-state index in [1.807, 2.05) is 31.2 Å². The van der Waals surface area contributed by atoms with Gasteiger partial charge in [0.15, 0.2) is 0 Å². The van der Waals surface area contributed by atoms with E-state index in [1.54, 1.807) is 12.2 Å². The molecule has 268 valence electrons. The smallest absolute Gasteiger partial charge is 0.326 e. The summed E-state index contributed by atoms with van der Waals surface area (Å²) < 4.78 is 0. The van der Waals surface area contributed by atoms with Gasteiger partial charge in [0, 0.05) is 55.4 Å². The van der Waals surface area contributed by atoms with Gasteiger partial charge in [-0.3, -0.25) is 19.4 Å². The SMILES string of the molecule is CC=C(Cl)/C=C1/N=C(N2CCN(C)CC2)c2ccccc2N=C1CCSCC(NC(=O)CCC(N)C(=O)O)C(=O)NC(CCCN)C(=O)O. The molecule has 1 aromatic rings. The summed E-state index contributed by atoms with van der Waals surface area (Å²) in [7, 11) is 2.09. The van der Waals surface area contributed by atoms with Gasteiger partial charge >= 0.3 is 11.9 Å². The highest BCUT2D eigenvalue weighted by molar-refractivity contribution is 7.99. The first-order valence-corrected chi connectivity index (χ1v) is 17.8. The van der Waals surface area contributed by atoms with Crippen molar-refractivity contribution >= 4 is 64.4 Å². The Morgan fingerprint density at radius 3 is 2.41 bits per heavy atom. The highest BCUT2D eigenvalue weighted by Gasteiger charge is 2.28. The van der Waals surface area contributed by atoms with E-state index in [9.17, 15) is 24.3 Å². The van der Waals surface area contributed by atoms with E-state index in [0.717, 1.165) is 43.3 Å². The lowest BCUT2D eigenvalue weighted by molar-refractivity contribution is -0.142. The van der Waals surface area contributed by atoms with Crippen LogP contribution < -0.4 is 22.1 Å². The van der Waals surface area contributed by atoms with Crippen LogP contribution in [-0.2, 0) is 19.2 Å². The zero-order valence-corrected chi connectivity index (χ0v) is 29.5. The number of halogens is 1. The number of thioether (sulfide) groups is 1. The number of amidine groups is 1. The molecule has 3 rings (SSSR count). The molecule has 0 radical (unpaired) electrons. The Morgan fingerprint density at radius 1 is 1.04 bits per heavy atom. The number of benzene rings is 1. The van der Waals surface area contributed by atoms with E-state index in [4.69, 9.17) is 38.2 Å². The first-order chi connectivity index (χ1) is 23.4. The molecule has 2 amide bonds. The molecule has 1 aromatic carbocycles. The van der Waals surface area contributed by atoms with Crippen LogP contribution in [0.5, 0.6) is 0 Å². The number of hydrogen-bond donors (Lipinski definition) is 6. The molecular formula is C33H47ClN8O6S. The first kappa shape index (κ1) is 39.7. The molecule has 1 saturated heterocycles. The Kier molecular flexibility index (Phi) is 16.2. The maximum absolute atomic E-state index is 13.3. The molecule has 14 nitrogen and oxygen atoms in total. The van der Waals surface area contributed by atoms with Gasteiger partial charge < -0.3 is 42.1 Å². The largest absolute Gasteiger partial charge is 0.480 e. The molecule has 1 fully saturated rings. The van der Waals surface area contributed by atoms with E-state index in [-0.39, 0.29) is 31.6 Å².